The predicted molar refractivity (Wildman–Crippen MR) is 71.4 cm³/mol. The number of para-hydroxylation sites is 1. The highest BCUT2D eigenvalue weighted by molar-refractivity contribution is 8.00. The summed E-state index contributed by atoms with van der Waals surface area (Å²) in [7, 11) is 1.85. The van der Waals surface area contributed by atoms with E-state index in [1.807, 2.05) is 44.3 Å². The van der Waals surface area contributed by atoms with Crippen LogP contribution < -0.4 is 5.32 Å². The van der Waals surface area contributed by atoms with E-state index in [4.69, 9.17) is 0 Å². The van der Waals surface area contributed by atoms with E-state index in [1.165, 1.54) is 11.8 Å². The molecule has 0 fully saturated rings. The number of aromatic nitrogens is 3. The van der Waals surface area contributed by atoms with Gasteiger partial charge in [-0.3, -0.25) is 4.79 Å². The zero-order valence-electron chi connectivity index (χ0n) is 10.2. The molecule has 0 spiro atoms. The molecular weight excluding hydrogens is 248 g/mol. The summed E-state index contributed by atoms with van der Waals surface area (Å²) >= 11 is 1.38. The number of aryl methyl sites for hydroxylation is 1. The van der Waals surface area contributed by atoms with Gasteiger partial charge >= 0.3 is 0 Å². The number of hydrogen-bond donors (Lipinski definition) is 1. The lowest BCUT2D eigenvalue weighted by molar-refractivity contribution is -0.115. The molecule has 0 saturated carbocycles. The Hall–Kier alpha value is -1.82. The van der Waals surface area contributed by atoms with Crippen molar-refractivity contribution < 1.29 is 4.79 Å². The lowest BCUT2D eigenvalue weighted by Crippen LogP contribution is -2.22. The molecule has 1 heterocycles. The number of amides is 1. The Morgan fingerprint density at radius 2 is 2.11 bits per heavy atom. The van der Waals surface area contributed by atoms with E-state index in [0.29, 0.717) is 0 Å². The number of carbonyl (C=O) groups excluding carboxylic acids is 1. The van der Waals surface area contributed by atoms with Crippen molar-refractivity contribution in [3.05, 3.63) is 36.7 Å². The highest BCUT2D eigenvalue weighted by atomic mass is 32.2. The van der Waals surface area contributed by atoms with Gasteiger partial charge in [-0.15, -0.1) is 10.2 Å². The van der Waals surface area contributed by atoms with Crippen molar-refractivity contribution in [2.24, 2.45) is 7.05 Å². The van der Waals surface area contributed by atoms with Crippen molar-refractivity contribution in [2.45, 2.75) is 17.3 Å². The van der Waals surface area contributed by atoms with Gasteiger partial charge in [-0.05, 0) is 19.1 Å². The molecule has 5 nitrogen and oxygen atoms in total. The van der Waals surface area contributed by atoms with Crippen molar-refractivity contribution in [3.63, 3.8) is 0 Å². The van der Waals surface area contributed by atoms with Crippen LogP contribution in [0.1, 0.15) is 6.92 Å². The summed E-state index contributed by atoms with van der Waals surface area (Å²) in [6.07, 6.45) is 1.62. The van der Waals surface area contributed by atoms with Crippen LogP contribution >= 0.6 is 11.8 Å². The van der Waals surface area contributed by atoms with E-state index in [2.05, 4.69) is 15.5 Å². The second-order valence-corrected chi connectivity index (χ2v) is 5.15. The quantitative estimate of drug-likeness (QED) is 0.855. The van der Waals surface area contributed by atoms with Crippen molar-refractivity contribution in [3.8, 4) is 0 Å². The summed E-state index contributed by atoms with van der Waals surface area (Å²) in [5.41, 5.74) is 0.799. The van der Waals surface area contributed by atoms with Crippen LogP contribution in [0.15, 0.2) is 41.8 Å². The number of carbonyl (C=O) groups is 1. The highest BCUT2D eigenvalue weighted by Gasteiger charge is 2.16. The smallest absolute Gasteiger partial charge is 0.237 e. The number of anilines is 1. The van der Waals surface area contributed by atoms with Crippen LogP contribution in [-0.2, 0) is 11.8 Å². The summed E-state index contributed by atoms with van der Waals surface area (Å²) < 4.78 is 1.79. The number of benzene rings is 1. The molecule has 0 aliphatic heterocycles. The lowest BCUT2D eigenvalue weighted by Gasteiger charge is -2.11. The second kappa shape index (κ2) is 5.68. The Kier molecular flexibility index (Phi) is 3.99. The third-order valence-corrected chi connectivity index (χ3v) is 3.51. The maximum atomic E-state index is 12.0. The zero-order valence-corrected chi connectivity index (χ0v) is 11.0. The third kappa shape index (κ3) is 3.10. The van der Waals surface area contributed by atoms with Gasteiger partial charge in [-0.25, -0.2) is 0 Å². The molecule has 0 unspecified atom stereocenters. The van der Waals surface area contributed by atoms with Gasteiger partial charge in [0.15, 0.2) is 5.16 Å². The van der Waals surface area contributed by atoms with Gasteiger partial charge in [0.25, 0.3) is 0 Å². The van der Waals surface area contributed by atoms with Crippen molar-refractivity contribution in [1.29, 1.82) is 0 Å². The maximum Gasteiger partial charge on any atom is 0.237 e. The number of thioether (sulfide) groups is 1. The van der Waals surface area contributed by atoms with Crippen LogP contribution in [0, 0.1) is 0 Å². The Balaban J connectivity index is 1.95. The van der Waals surface area contributed by atoms with Crippen molar-refractivity contribution >= 4 is 23.4 Å². The summed E-state index contributed by atoms with van der Waals surface area (Å²) in [6, 6.07) is 9.40. The fourth-order valence-corrected chi connectivity index (χ4v) is 2.15. The third-order valence-electron chi connectivity index (χ3n) is 2.36. The summed E-state index contributed by atoms with van der Waals surface area (Å²) in [5, 5.41) is 11.1. The Bertz CT molecular complexity index is 526. The molecule has 0 bridgehead atoms. The van der Waals surface area contributed by atoms with Gasteiger partial charge in [0.05, 0.1) is 5.25 Å². The SMILES string of the molecule is C[C@@H](Sc1nncn1C)C(=O)Nc1ccccc1. The van der Waals surface area contributed by atoms with Gasteiger partial charge in [0.2, 0.25) is 5.91 Å². The van der Waals surface area contributed by atoms with Crippen LogP contribution in [-0.4, -0.2) is 25.9 Å². The molecule has 6 heteroatoms. The van der Waals surface area contributed by atoms with E-state index >= 15 is 0 Å². The van der Waals surface area contributed by atoms with Crippen LogP contribution in [0.3, 0.4) is 0 Å². The molecular formula is C12H14N4OS. The fraction of sp³-hybridized carbons (Fsp3) is 0.250. The first-order valence-electron chi connectivity index (χ1n) is 5.53. The molecule has 94 valence electrons. The Morgan fingerprint density at radius 1 is 1.39 bits per heavy atom. The molecule has 0 saturated heterocycles. The average Bonchev–Trinajstić information content (AvgIpc) is 2.76. The first-order valence-corrected chi connectivity index (χ1v) is 6.41. The van der Waals surface area contributed by atoms with E-state index in [-0.39, 0.29) is 11.2 Å². The molecule has 1 atom stereocenters. The minimum absolute atomic E-state index is 0.0470. The number of rotatable bonds is 4. The highest BCUT2D eigenvalue weighted by Crippen LogP contribution is 2.21. The van der Waals surface area contributed by atoms with Gasteiger partial charge in [0, 0.05) is 12.7 Å². The first kappa shape index (κ1) is 12.6. The molecule has 0 radical (unpaired) electrons. The fourth-order valence-electron chi connectivity index (χ4n) is 1.36. The van der Waals surface area contributed by atoms with Crippen molar-refractivity contribution in [2.75, 3.05) is 5.32 Å². The molecule has 2 aromatic rings. The summed E-state index contributed by atoms with van der Waals surface area (Å²) in [6.45, 7) is 1.84. The van der Waals surface area contributed by atoms with Crippen LogP contribution in [0.2, 0.25) is 0 Å². The van der Waals surface area contributed by atoms with Crippen LogP contribution in [0.25, 0.3) is 0 Å². The van der Waals surface area contributed by atoms with Gasteiger partial charge in [-0.1, -0.05) is 30.0 Å². The standard InChI is InChI=1S/C12H14N4OS/c1-9(18-12-15-13-8-16(12)2)11(17)14-10-6-4-3-5-7-10/h3-9H,1-2H3,(H,14,17)/t9-/m1/s1. The molecule has 1 N–H and O–H groups in total. The normalized spacial score (nSPS) is 12.1. The van der Waals surface area contributed by atoms with Gasteiger partial charge < -0.3 is 9.88 Å². The maximum absolute atomic E-state index is 12.0. The topological polar surface area (TPSA) is 59.8 Å². The molecule has 1 aromatic heterocycles. The number of nitrogens with zero attached hydrogens (tertiary/aromatic N) is 3. The van der Waals surface area contributed by atoms with Crippen LogP contribution in [0.5, 0.6) is 0 Å². The Labute approximate surface area is 110 Å². The molecule has 1 aromatic carbocycles. The minimum Gasteiger partial charge on any atom is -0.325 e. The van der Waals surface area contributed by atoms with Gasteiger partial charge in [-0.2, -0.15) is 0 Å². The predicted octanol–water partition coefficient (Wildman–Crippen LogP) is 1.93. The Morgan fingerprint density at radius 3 is 2.72 bits per heavy atom. The largest absolute Gasteiger partial charge is 0.325 e. The molecule has 1 amide bonds. The summed E-state index contributed by atoms with van der Waals surface area (Å²) in [4.78, 5) is 12.0. The van der Waals surface area contributed by atoms with E-state index in [0.717, 1.165) is 10.8 Å². The molecule has 0 aliphatic carbocycles. The van der Waals surface area contributed by atoms with Crippen molar-refractivity contribution in [1.82, 2.24) is 14.8 Å². The van der Waals surface area contributed by atoms with E-state index < -0.39 is 0 Å². The van der Waals surface area contributed by atoms with E-state index in [1.54, 1.807) is 10.9 Å². The minimum atomic E-state index is -0.229. The number of nitrogens with one attached hydrogen (secondary N) is 1. The first-order chi connectivity index (χ1) is 8.66. The van der Waals surface area contributed by atoms with E-state index in [9.17, 15) is 4.79 Å². The summed E-state index contributed by atoms with van der Waals surface area (Å²) in [5.74, 6) is -0.0470. The monoisotopic (exact) mass is 262 g/mol. The number of hydrogen-bond acceptors (Lipinski definition) is 4. The lowest BCUT2D eigenvalue weighted by atomic mass is 10.3. The zero-order chi connectivity index (χ0) is 13.0. The molecule has 0 aliphatic rings. The average molecular weight is 262 g/mol. The molecule has 18 heavy (non-hydrogen) atoms. The van der Waals surface area contributed by atoms with Crippen LogP contribution in [0.4, 0.5) is 5.69 Å². The van der Waals surface area contributed by atoms with Gasteiger partial charge in [0.1, 0.15) is 6.33 Å². The second-order valence-electron chi connectivity index (χ2n) is 3.84. The molecule has 2 rings (SSSR count).